The first kappa shape index (κ1) is 24.8. The lowest BCUT2D eigenvalue weighted by Gasteiger charge is -2.32. The van der Waals surface area contributed by atoms with Crippen LogP contribution in [0.3, 0.4) is 0 Å². The summed E-state index contributed by atoms with van der Waals surface area (Å²) < 4.78 is 17.1. The second kappa shape index (κ2) is 9.56. The van der Waals surface area contributed by atoms with Crippen LogP contribution in [0.2, 0.25) is 0 Å². The molecule has 0 bridgehead atoms. The first-order valence-corrected chi connectivity index (χ1v) is 11.4. The summed E-state index contributed by atoms with van der Waals surface area (Å²) in [6.07, 6.45) is -1.29. The molecule has 0 saturated heterocycles. The van der Waals surface area contributed by atoms with E-state index >= 15 is 0 Å². The van der Waals surface area contributed by atoms with Crippen molar-refractivity contribution in [1.82, 2.24) is 5.32 Å². The van der Waals surface area contributed by atoms with E-state index in [0.717, 1.165) is 22.3 Å². The van der Waals surface area contributed by atoms with Gasteiger partial charge in [0.2, 0.25) is 0 Å². The lowest BCUT2D eigenvalue weighted by Crippen LogP contribution is -2.52. The molecule has 0 fully saturated rings. The molecule has 1 aliphatic rings. The van der Waals surface area contributed by atoms with Gasteiger partial charge < -0.3 is 19.5 Å². The van der Waals surface area contributed by atoms with Crippen LogP contribution in [0.4, 0.5) is 4.79 Å². The minimum Gasteiger partial charge on any atom is -0.458 e. The van der Waals surface area contributed by atoms with Gasteiger partial charge in [-0.05, 0) is 70.7 Å². The Kier molecular flexibility index (Phi) is 7.17. The number of hydrogen-bond acceptors (Lipinski definition) is 5. The summed E-state index contributed by atoms with van der Waals surface area (Å²) >= 11 is 0. The number of fused-ring (bicyclic) bond motifs is 3. The minimum atomic E-state index is -1.00. The maximum atomic E-state index is 12.8. The van der Waals surface area contributed by atoms with Crippen LogP contribution >= 0.6 is 0 Å². The Balaban J connectivity index is 1.72. The van der Waals surface area contributed by atoms with Crippen molar-refractivity contribution < 1.29 is 23.8 Å². The van der Waals surface area contributed by atoms with Crippen molar-refractivity contribution in [3.05, 3.63) is 59.7 Å². The van der Waals surface area contributed by atoms with Crippen molar-refractivity contribution >= 4 is 12.1 Å². The Morgan fingerprint density at radius 1 is 0.879 bits per heavy atom. The van der Waals surface area contributed by atoms with Gasteiger partial charge in [-0.1, -0.05) is 48.5 Å². The third kappa shape index (κ3) is 6.35. The molecule has 0 aromatic heterocycles. The number of benzene rings is 2. The van der Waals surface area contributed by atoms with Crippen molar-refractivity contribution in [2.45, 2.75) is 77.7 Å². The molecule has 0 unspecified atom stereocenters. The molecule has 0 radical (unpaired) electrons. The summed E-state index contributed by atoms with van der Waals surface area (Å²) in [7, 11) is 0. The number of nitrogens with one attached hydrogen (secondary N) is 1. The van der Waals surface area contributed by atoms with Gasteiger partial charge in [0.1, 0.15) is 12.2 Å². The topological polar surface area (TPSA) is 73.9 Å². The Hall–Kier alpha value is -2.86. The molecule has 0 spiro atoms. The molecule has 2 aromatic rings. The lowest BCUT2D eigenvalue weighted by atomic mass is 9.98. The zero-order valence-corrected chi connectivity index (χ0v) is 20.6. The fourth-order valence-electron chi connectivity index (χ4n) is 4.13. The highest BCUT2D eigenvalue weighted by Gasteiger charge is 2.35. The summed E-state index contributed by atoms with van der Waals surface area (Å²) in [5.74, 6) is -0.626. The standard InChI is InChI=1S/C27H35NO5/c1-17(32-26(2,3)4)23(24(29)33-27(5,6)7)28-25(30)31-16-22-20-14-10-8-12-18(20)19-13-9-11-15-21(19)22/h8-15,17,22-23H,16H2,1-7H3,(H,28,30)/t17-,23-/m1/s1. The molecule has 6 nitrogen and oxygen atoms in total. The molecule has 0 aliphatic heterocycles. The van der Waals surface area contributed by atoms with Crippen LogP contribution in [0.25, 0.3) is 11.1 Å². The number of ether oxygens (including phenoxy) is 3. The van der Waals surface area contributed by atoms with Gasteiger partial charge in [-0.3, -0.25) is 0 Å². The summed E-state index contributed by atoms with van der Waals surface area (Å²) in [5.41, 5.74) is 3.36. The number of alkyl carbamates (subject to hydrolysis) is 1. The van der Waals surface area contributed by atoms with E-state index in [0.29, 0.717) is 0 Å². The van der Waals surface area contributed by atoms with Crippen molar-refractivity contribution in [3.63, 3.8) is 0 Å². The van der Waals surface area contributed by atoms with Gasteiger partial charge in [0.05, 0.1) is 11.7 Å². The Labute approximate surface area is 196 Å². The summed E-state index contributed by atoms with van der Waals surface area (Å²) in [4.78, 5) is 25.6. The number of carbonyl (C=O) groups is 2. The number of rotatable bonds is 6. The first-order valence-electron chi connectivity index (χ1n) is 11.4. The maximum absolute atomic E-state index is 12.8. The Morgan fingerprint density at radius 2 is 1.39 bits per heavy atom. The molecule has 0 heterocycles. The first-order chi connectivity index (χ1) is 15.4. The Morgan fingerprint density at radius 3 is 1.88 bits per heavy atom. The van der Waals surface area contributed by atoms with Crippen LogP contribution in [0.1, 0.15) is 65.5 Å². The van der Waals surface area contributed by atoms with Crippen LogP contribution < -0.4 is 5.32 Å². The van der Waals surface area contributed by atoms with E-state index < -0.39 is 35.4 Å². The average Bonchev–Trinajstić information content (AvgIpc) is 3.01. The molecule has 3 rings (SSSR count). The lowest BCUT2D eigenvalue weighted by molar-refractivity contribution is -0.164. The average molecular weight is 454 g/mol. The molecule has 178 valence electrons. The van der Waals surface area contributed by atoms with E-state index in [-0.39, 0.29) is 12.5 Å². The summed E-state index contributed by atoms with van der Waals surface area (Å²) in [6.45, 7) is 12.9. The van der Waals surface area contributed by atoms with Gasteiger partial charge in [-0.15, -0.1) is 0 Å². The zero-order valence-electron chi connectivity index (χ0n) is 20.6. The largest absolute Gasteiger partial charge is 0.458 e. The highest BCUT2D eigenvalue weighted by molar-refractivity contribution is 5.82. The van der Waals surface area contributed by atoms with Gasteiger partial charge in [0, 0.05) is 5.92 Å². The predicted octanol–water partition coefficient (Wildman–Crippen LogP) is 5.44. The summed E-state index contributed by atoms with van der Waals surface area (Å²) in [6, 6.07) is 15.3. The third-order valence-corrected chi connectivity index (χ3v) is 5.29. The molecule has 0 saturated carbocycles. The van der Waals surface area contributed by atoms with E-state index in [1.165, 1.54) is 0 Å². The molecule has 6 heteroatoms. The second-order valence-corrected chi connectivity index (χ2v) is 10.4. The van der Waals surface area contributed by atoms with Crippen LogP contribution in [0, 0.1) is 0 Å². The predicted molar refractivity (Wildman–Crippen MR) is 128 cm³/mol. The molecule has 1 amide bonds. The van der Waals surface area contributed by atoms with Crippen molar-refractivity contribution in [2.75, 3.05) is 6.61 Å². The normalized spacial score (nSPS) is 15.2. The number of hydrogen-bond donors (Lipinski definition) is 1. The molecular formula is C27H35NO5. The fraction of sp³-hybridized carbons (Fsp3) is 0.481. The Bertz CT molecular complexity index is 957. The fourth-order valence-corrected chi connectivity index (χ4v) is 4.13. The van der Waals surface area contributed by atoms with E-state index in [1.54, 1.807) is 27.7 Å². The van der Waals surface area contributed by atoms with Crippen LogP contribution in [-0.2, 0) is 19.0 Å². The zero-order chi connectivity index (χ0) is 24.4. The monoisotopic (exact) mass is 453 g/mol. The van der Waals surface area contributed by atoms with E-state index in [4.69, 9.17) is 14.2 Å². The van der Waals surface area contributed by atoms with E-state index in [9.17, 15) is 9.59 Å². The smallest absolute Gasteiger partial charge is 0.407 e. The van der Waals surface area contributed by atoms with Gasteiger partial charge >= 0.3 is 12.1 Å². The van der Waals surface area contributed by atoms with Gasteiger partial charge in [-0.2, -0.15) is 0 Å². The highest BCUT2D eigenvalue weighted by atomic mass is 16.6. The van der Waals surface area contributed by atoms with Gasteiger partial charge in [-0.25, -0.2) is 9.59 Å². The van der Waals surface area contributed by atoms with Crippen LogP contribution in [0.15, 0.2) is 48.5 Å². The van der Waals surface area contributed by atoms with Crippen molar-refractivity contribution in [3.8, 4) is 11.1 Å². The minimum absolute atomic E-state index is 0.0635. The van der Waals surface area contributed by atoms with E-state index in [2.05, 4.69) is 29.6 Å². The SMILES string of the molecule is C[C@@H](OC(C)(C)C)[C@@H](NC(=O)OCC1c2ccccc2-c2ccccc21)C(=O)OC(C)(C)C. The highest BCUT2D eigenvalue weighted by Crippen LogP contribution is 2.44. The van der Waals surface area contributed by atoms with E-state index in [1.807, 2.05) is 45.0 Å². The van der Waals surface area contributed by atoms with Crippen LogP contribution in [-0.4, -0.2) is 42.0 Å². The molecule has 2 atom stereocenters. The number of amides is 1. The maximum Gasteiger partial charge on any atom is 0.407 e. The van der Waals surface area contributed by atoms with Crippen molar-refractivity contribution in [2.24, 2.45) is 0 Å². The summed E-state index contributed by atoms with van der Waals surface area (Å²) in [5, 5.41) is 2.67. The van der Waals surface area contributed by atoms with Crippen LogP contribution in [0.5, 0.6) is 0 Å². The van der Waals surface area contributed by atoms with Crippen molar-refractivity contribution in [1.29, 1.82) is 0 Å². The molecule has 33 heavy (non-hydrogen) atoms. The number of carbonyl (C=O) groups excluding carboxylic acids is 2. The number of esters is 1. The molecule has 1 N–H and O–H groups in total. The third-order valence-electron chi connectivity index (χ3n) is 5.29. The van der Waals surface area contributed by atoms with Gasteiger partial charge in [0.15, 0.2) is 6.04 Å². The molecule has 2 aromatic carbocycles. The quantitative estimate of drug-likeness (QED) is 0.590. The second-order valence-electron chi connectivity index (χ2n) is 10.4. The van der Waals surface area contributed by atoms with Gasteiger partial charge in [0.25, 0.3) is 0 Å². The molecular weight excluding hydrogens is 418 g/mol. The molecule has 1 aliphatic carbocycles.